The van der Waals surface area contributed by atoms with E-state index in [-0.39, 0.29) is 17.8 Å². The first kappa shape index (κ1) is 12.8. The van der Waals surface area contributed by atoms with Gasteiger partial charge in [-0.3, -0.25) is 4.79 Å². The number of carbonyl (C=O) groups is 1. The average molecular weight is 252 g/mol. The van der Waals surface area contributed by atoms with Crippen molar-refractivity contribution in [3.05, 3.63) is 24.0 Å². The van der Waals surface area contributed by atoms with Gasteiger partial charge in [-0.1, -0.05) is 6.92 Å². The SMILES string of the molecule is CCC(N)C(=O)N1CC(C)Oc2cc(F)ccc21. The number of nitrogens with two attached hydrogens (primary N) is 1. The first-order valence-corrected chi connectivity index (χ1v) is 6.06. The van der Waals surface area contributed by atoms with Crippen molar-refractivity contribution in [3.8, 4) is 5.75 Å². The summed E-state index contributed by atoms with van der Waals surface area (Å²) in [4.78, 5) is 13.8. The molecule has 2 unspecified atom stereocenters. The number of carbonyl (C=O) groups excluding carboxylic acids is 1. The van der Waals surface area contributed by atoms with Crippen LogP contribution in [0.5, 0.6) is 5.75 Å². The Morgan fingerprint density at radius 1 is 1.67 bits per heavy atom. The van der Waals surface area contributed by atoms with E-state index in [0.29, 0.717) is 24.4 Å². The van der Waals surface area contributed by atoms with Crippen molar-refractivity contribution in [2.24, 2.45) is 5.73 Å². The zero-order chi connectivity index (χ0) is 13.3. The van der Waals surface area contributed by atoms with Gasteiger partial charge in [-0.2, -0.15) is 0 Å². The van der Waals surface area contributed by atoms with Crippen LogP contribution in [0.15, 0.2) is 18.2 Å². The van der Waals surface area contributed by atoms with Crippen LogP contribution in [-0.4, -0.2) is 24.6 Å². The second kappa shape index (κ2) is 4.94. The molecule has 0 radical (unpaired) electrons. The molecule has 0 saturated carbocycles. The first-order valence-electron chi connectivity index (χ1n) is 6.06. The molecule has 18 heavy (non-hydrogen) atoms. The van der Waals surface area contributed by atoms with Crippen molar-refractivity contribution >= 4 is 11.6 Å². The summed E-state index contributed by atoms with van der Waals surface area (Å²) in [6, 6.07) is 3.63. The lowest BCUT2D eigenvalue weighted by Crippen LogP contribution is -2.49. The maximum atomic E-state index is 13.2. The van der Waals surface area contributed by atoms with Gasteiger partial charge >= 0.3 is 0 Å². The minimum atomic E-state index is -0.534. The van der Waals surface area contributed by atoms with Gasteiger partial charge in [0.15, 0.2) is 0 Å². The van der Waals surface area contributed by atoms with E-state index in [2.05, 4.69) is 0 Å². The highest BCUT2D eigenvalue weighted by Crippen LogP contribution is 2.34. The molecule has 98 valence electrons. The van der Waals surface area contributed by atoms with Crippen LogP contribution < -0.4 is 15.4 Å². The normalized spacial score (nSPS) is 20.0. The van der Waals surface area contributed by atoms with Crippen LogP contribution in [0, 0.1) is 5.82 Å². The molecular formula is C13H17FN2O2. The monoisotopic (exact) mass is 252 g/mol. The molecule has 0 bridgehead atoms. The summed E-state index contributed by atoms with van der Waals surface area (Å²) in [5.74, 6) is -0.138. The molecule has 0 spiro atoms. The maximum absolute atomic E-state index is 13.2. The Balaban J connectivity index is 2.36. The molecule has 0 saturated heterocycles. The van der Waals surface area contributed by atoms with Crippen molar-refractivity contribution < 1.29 is 13.9 Å². The highest BCUT2D eigenvalue weighted by molar-refractivity contribution is 5.98. The van der Waals surface area contributed by atoms with Gasteiger partial charge in [0.25, 0.3) is 0 Å². The van der Waals surface area contributed by atoms with E-state index in [1.807, 2.05) is 13.8 Å². The molecular weight excluding hydrogens is 235 g/mol. The van der Waals surface area contributed by atoms with E-state index >= 15 is 0 Å². The van der Waals surface area contributed by atoms with Crippen molar-refractivity contribution in [1.29, 1.82) is 0 Å². The number of benzene rings is 1. The van der Waals surface area contributed by atoms with Gasteiger partial charge in [-0.15, -0.1) is 0 Å². The molecule has 5 heteroatoms. The molecule has 2 N–H and O–H groups in total. The zero-order valence-electron chi connectivity index (χ0n) is 10.5. The van der Waals surface area contributed by atoms with Crippen LogP contribution >= 0.6 is 0 Å². The van der Waals surface area contributed by atoms with E-state index in [0.717, 1.165) is 0 Å². The van der Waals surface area contributed by atoms with Crippen molar-refractivity contribution in [1.82, 2.24) is 0 Å². The summed E-state index contributed by atoms with van der Waals surface area (Å²) in [7, 11) is 0. The fourth-order valence-corrected chi connectivity index (χ4v) is 2.00. The minimum Gasteiger partial charge on any atom is -0.487 e. The predicted molar refractivity (Wildman–Crippen MR) is 67.1 cm³/mol. The van der Waals surface area contributed by atoms with Gasteiger partial charge in [-0.25, -0.2) is 4.39 Å². The van der Waals surface area contributed by atoms with Gasteiger partial charge in [0.05, 0.1) is 18.3 Å². The number of hydrogen-bond donors (Lipinski definition) is 1. The third-order valence-corrected chi connectivity index (χ3v) is 3.00. The largest absolute Gasteiger partial charge is 0.487 e. The highest BCUT2D eigenvalue weighted by atomic mass is 19.1. The van der Waals surface area contributed by atoms with E-state index in [9.17, 15) is 9.18 Å². The molecule has 2 atom stereocenters. The highest BCUT2D eigenvalue weighted by Gasteiger charge is 2.30. The van der Waals surface area contributed by atoms with Gasteiger partial charge in [0.1, 0.15) is 17.7 Å². The van der Waals surface area contributed by atoms with Crippen LogP contribution in [-0.2, 0) is 4.79 Å². The fraction of sp³-hybridized carbons (Fsp3) is 0.462. The Kier molecular flexibility index (Phi) is 3.52. The first-order chi connectivity index (χ1) is 8.52. The van der Waals surface area contributed by atoms with Crippen molar-refractivity contribution in [2.75, 3.05) is 11.4 Å². The fourth-order valence-electron chi connectivity index (χ4n) is 2.00. The topological polar surface area (TPSA) is 55.6 Å². The number of ether oxygens (including phenoxy) is 1. The van der Waals surface area contributed by atoms with Crippen LogP contribution in [0.1, 0.15) is 20.3 Å². The van der Waals surface area contributed by atoms with Crippen molar-refractivity contribution in [2.45, 2.75) is 32.4 Å². The molecule has 0 aromatic heterocycles. The Hall–Kier alpha value is -1.62. The lowest BCUT2D eigenvalue weighted by Gasteiger charge is -2.34. The van der Waals surface area contributed by atoms with Crippen LogP contribution in [0.2, 0.25) is 0 Å². The van der Waals surface area contributed by atoms with E-state index in [1.165, 1.54) is 12.1 Å². The standard InChI is InChI=1S/C13H17FN2O2/c1-3-10(15)13(17)16-7-8(2)18-12-6-9(14)4-5-11(12)16/h4-6,8,10H,3,7,15H2,1-2H3. The summed E-state index contributed by atoms with van der Waals surface area (Å²) in [6.07, 6.45) is 0.397. The quantitative estimate of drug-likeness (QED) is 0.871. The molecule has 0 aliphatic carbocycles. The molecule has 0 fully saturated rings. The summed E-state index contributed by atoms with van der Waals surface area (Å²) >= 11 is 0. The Morgan fingerprint density at radius 3 is 3.06 bits per heavy atom. The predicted octanol–water partition coefficient (Wildman–Crippen LogP) is 1.68. The van der Waals surface area contributed by atoms with Crippen LogP contribution in [0.3, 0.4) is 0 Å². The van der Waals surface area contributed by atoms with Gasteiger partial charge in [0, 0.05) is 6.07 Å². The molecule has 1 heterocycles. The number of nitrogens with zero attached hydrogens (tertiary/aromatic N) is 1. The van der Waals surface area contributed by atoms with E-state index in [4.69, 9.17) is 10.5 Å². The second-order valence-electron chi connectivity index (χ2n) is 4.50. The summed E-state index contributed by atoms with van der Waals surface area (Å²) in [5.41, 5.74) is 6.36. The average Bonchev–Trinajstić information content (AvgIpc) is 2.35. The van der Waals surface area contributed by atoms with Crippen molar-refractivity contribution in [3.63, 3.8) is 0 Å². The molecule has 1 aromatic rings. The van der Waals surface area contributed by atoms with Gasteiger partial charge < -0.3 is 15.4 Å². The summed E-state index contributed by atoms with van der Waals surface area (Å²) < 4.78 is 18.7. The number of hydrogen-bond acceptors (Lipinski definition) is 3. The number of amides is 1. The third kappa shape index (κ3) is 2.31. The molecule has 4 nitrogen and oxygen atoms in total. The third-order valence-electron chi connectivity index (χ3n) is 3.00. The Labute approximate surface area is 106 Å². The summed E-state index contributed by atoms with van der Waals surface area (Å²) in [5, 5.41) is 0. The molecule has 1 amide bonds. The van der Waals surface area contributed by atoms with Crippen LogP contribution in [0.4, 0.5) is 10.1 Å². The van der Waals surface area contributed by atoms with Gasteiger partial charge in [-0.05, 0) is 25.5 Å². The minimum absolute atomic E-state index is 0.152. The van der Waals surface area contributed by atoms with Crippen LogP contribution in [0.25, 0.3) is 0 Å². The maximum Gasteiger partial charge on any atom is 0.244 e. The smallest absolute Gasteiger partial charge is 0.244 e. The lowest BCUT2D eigenvalue weighted by atomic mass is 10.1. The van der Waals surface area contributed by atoms with E-state index < -0.39 is 6.04 Å². The Bertz CT molecular complexity index is 464. The Morgan fingerprint density at radius 2 is 2.39 bits per heavy atom. The second-order valence-corrected chi connectivity index (χ2v) is 4.50. The number of fused-ring (bicyclic) bond motifs is 1. The molecule has 2 rings (SSSR count). The molecule has 1 aliphatic heterocycles. The lowest BCUT2D eigenvalue weighted by molar-refractivity contribution is -0.120. The van der Waals surface area contributed by atoms with Gasteiger partial charge in [0.2, 0.25) is 5.91 Å². The zero-order valence-corrected chi connectivity index (χ0v) is 10.5. The molecule has 1 aliphatic rings. The number of anilines is 1. The number of halogens is 1. The van der Waals surface area contributed by atoms with E-state index in [1.54, 1.807) is 11.0 Å². The molecule has 1 aromatic carbocycles. The summed E-state index contributed by atoms with van der Waals surface area (Å²) in [6.45, 7) is 4.13. The number of rotatable bonds is 2.